The number of nitrogens with zero attached hydrogens (tertiary/aromatic N) is 1. The van der Waals surface area contributed by atoms with E-state index < -0.39 is 0 Å². The first-order valence-electron chi connectivity index (χ1n) is 5.74. The van der Waals surface area contributed by atoms with Crippen LogP contribution in [0.2, 0.25) is 5.02 Å². The van der Waals surface area contributed by atoms with Crippen molar-refractivity contribution in [2.45, 2.75) is 13.0 Å². The number of carbonyl (C=O) groups is 1. The lowest BCUT2D eigenvalue weighted by molar-refractivity contribution is 0.0940. The van der Waals surface area contributed by atoms with Gasteiger partial charge in [-0.25, -0.2) is 0 Å². The number of carbonyl (C=O) groups excluding carboxylic acids is 1. The van der Waals surface area contributed by atoms with Crippen LogP contribution in [0.15, 0.2) is 42.7 Å². The van der Waals surface area contributed by atoms with E-state index in [2.05, 4.69) is 32.9 Å². The Hall–Kier alpha value is -1.14. The normalized spacial score (nSPS) is 11.9. The van der Waals surface area contributed by atoms with E-state index in [-0.39, 0.29) is 11.9 Å². The van der Waals surface area contributed by atoms with Crippen LogP contribution >= 0.6 is 34.2 Å². The second-order valence-electron chi connectivity index (χ2n) is 4.10. The summed E-state index contributed by atoms with van der Waals surface area (Å²) in [6.07, 6.45) is 3.42. The molecular weight excluding hydrogens is 375 g/mol. The molecule has 19 heavy (non-hydrogen) atoms. The molecule has 0 unspecified atom stereocenters. The van der Waals surface area contributed by atoms with Gasteiger partial charge in [0.25, 0.3) is 5.91 Å². The summed E-state index contributed by atoms with van der Waals surface area (Å²) in [5, 5.41) is 3.60. The third-order valence-corrected chi connectivity index (χ3v) is 4.28. The summed E-state index contributed by atoms with van der Waals surface area (Å²) >= 11 is 8.05. The summed E-state index contributed by atoms with van der Waals surface area (Å²) in [4.78, 5) is 16.1. The number of benzene rings is 1. The molecule has 3 nitrogen and oxygen atoms in total. The molecule has 0 bridgehead atoms. The zero-order valence-corrected chi connectivity index (χ0v) is 13.1. The molecule has 0 saturated heterocycles. The molecule has 1 aromatic carbocycles. The second kappa shape index (κ2) is 6.34. The maximum atomic E-state index is 12.1. The van der Waals surface area contributed by atoms with Crippen molar-refractivity contribution in [3.05, 3.63) is 62.4 Å². The van der Waals surface area contributed by atoms with Crippen LogP contribution in [0.3, 0.4) is 0 Å². The minimum atomic E-state index is -0.112. The number of aromatic nitrogens is 1. The van der Waals surface area contributed by atoms with Crippen molar-refractivity contribution in [3.8, 4) is 0 Å². The van der Waals surface area contributed by atoms with E-state index in [1.54, 1.807) is 30.6 Å². The van der Waals surface area contributed by atoms with Crippen molar-refractivity contribution < 1.29 is 4.79 Å². The average Bonchev–Trinajstić information content (AvgIpc) is 2.42. The van der Waals surface area contributed by atoms with Gasteiger partial charge in [-0.15, -0.1) is 0 Å². The van der Waals surface area contributed by atoms with Crippen LogP contribution < -0.4 is 5.32 Å². The van der Waals surface area contributed by atoms with Crippen molar-refractivity contribution in [1.82, 2.24) is 10.3 Å². The van der Waals surface area contributed by atoms with E-state index in [4.69, 9.17) is 11.6 Å². The van der Waals surface area contributed by atoms with E-state index in [1.807, 2.05) is 19.1 Å². The van der Waals surface area contributed by atoms with Crippen molar-refractivity contribution in [2.75, 3.05) is 0 Å². The van der Waals surface area contributed by atoms with Crippen molar-refractivity contribution in [3.63, 3.8) is 0 Å². The van der Waals surface area contributed by atoms with Gasteiger partial charge in [0.15, 0.2) is 0 Å². The number of nitrogens with one attached hydrogen (secondary N) is 1. The fourth-order valence-electron chi connectivity index (χ4n) is 1.65. The lowest BCUT2D eigenvalue weighted by Crippen LogP contribution is -2.26. The Morgan fingerprint density at radius 2 is 2.00 bits per heavy atom. The van der Waals surface area contributed by atoms with Gasteiger partial charge >= 0.3 is 0 Å². The van der Waals surface area contributed by atoms with Crippen molar-refractivity contribution in [1.29, 1.82) is 0 Å². The molecule has 1 aromatic heterocycles. The Balaban J connectivity index is 2.11. The first kappa shape index (κ1) is 14.3. The van der Waals surface area contributed by atoms with Gasteiger partial charge in [0.1, 0.15) is 0 Å². The van der Waals surface area contributed by atoms with Gasteiger partial charge in [-0.2, -0.15) is 0 Å². The third kappa shape index (κ3) is 3.67. The number of halogens is 2. The number of hydrogen-bond donors (Lipinski definition) is 1. The summed E-state index contributed by atoms with van der Waals surface area (Å²) in [5.41, 5.74) is 1.63. The van der Waals surface area contributed by atoms with Gasteiger partial charge in [0.2, 0.25) is 0 Å². The first-order chi connectivity index (χ1) is 9.08. The maximum absolute atomic E-state index is 12.1. The zero-order chi connectivity index (χ0) is 13.8. The number of rotatable bonds is 3. The fourth-order valence-corrected chi connectivity index (χ4v) is 2.29. The van der Waals surface area contributed by atoms with Gasteiger partial charge in [-0.3, -0.25) is 9.78 Å². The van der Waals surface area contributed by atoms with Crippen molar-refractivity contribution >= 4 is 40.1 Å². The minimum absolute atomic E-state index is 0.0659. The number of amides is 1. The SMILES string of the molecule is C[C@@H](NC(=O)c1ccc(Cl)c(I)c1)c1ccncc1. The Kier molecular flexibility index (Phi) is 4.76. The van der Waals surface area contributed by atoms with E-state index in [9.17, 15) is 4.79 Å². The molecule has 1 N–H and O–H groups in total. The molecule has 1 atom stereocenters. The highest BCUT2D eigenvalue weighted by molar-refractivity contribution is 14.1. The van der Waals surface area contributed by atoms with Gasteiger partial charge in [0, 0.05) is 21.5 Å². The molecule has 0 aliphatic heterocycles. The van der Waals surface area contributed by atoms with Crippen LogP contribution in [-0.4, -0.2) is 10.9 Å². The molecule has 2 aromatic rings. The molecule has 0 saturated carbocycles. The molecule has 0 fully saturated rings. The molecule has 0 radical (unpaired) electrons. The summed E-state index contributed by atoms with van der Waals surface area (Å²) < 4.78 is 0.864. The maximum Gasteiger partial charge on any atom is 0.251 e. The van der Waals surface area contributed by atoms with Crippen LogP contribution in [0, 0.1) is 3.57 Å². The largest absolute Gasteiger partial charge is 0.346 e. The monoisotopic (exact) mass is 386 g/mol. The molecule has 1 heterocycles. The third-order valence-electron chi connectivity index (χ3n) is 2.74. The highest BCUT2D eigenvalue weighted by atomic mass is 127. The van der Waals surface area contributed by atoms with E-state index in [0.29, 0.717) is 10.6 Å². The van der Waals surface area contributed by atoms with Crippen LogP contribution in [0.25, 0.3) is 0 Å². The van der Waals surface area contributed by atoms with Gasteiger partial charge < -0.3 is 5.32 Å². The Labute approximate surface area is 130 Å². The lowest BCUT2D eigenvalue weighted by Gasteiger charge is -2.14. The number of hydrogen-bond acceptors (Lipinski definition) is 2. The van der Waals surface area contributed by atoms with Crippen LogP contribution in [-0.2, 0) is 0 Å². The molecule has 2 rings (SSSR count). The Morgan fingerprint density at radius 3 is 2.63 bits per heavy atom. The average molecular weight is 387 g/mol. The quantitative estimate of drug-likeness (QED) is 0.815. The first-order valence-corrected chi connectivity index (χ1v) is 7.19. The summed E-state index contributed by atoms with van der Waals surface area (Å²) in [6, 6.07) is 8.93. The summed E-state index contributed by atoms with van der Waals surface area (Å²) in [7, 11) is 0. The molecule has 0 spiro atoms. The van der Waals surface area contributed by atoms with Crippen LogP contribution in [0.5, 0.6) is 0 Å². The van der Waals surface area contributed by atoms with Gasteiger partial charge in [-0.05, 0) is 65.4 Å². The molecule has 1 amide bonds. The topological polar surface area (TPSA) is 42.0 Å². The van der Waals surface area contributed by atoms with Crippen molar-refractivity contribution in [2.24, 2.45) is 0 Å². The Morgan fingerprint density at radius 1 is 1.32 bits per heavy atom. The predicted molar refractivity (Wildman–Crippen MR) is 84.3 cm³/mol. The molecule has 98 valence electrons. The van der Waals surface area contributed by atoms with E-state index in [0.717, 1.165) is 9.13 Å². The second-order valence-corrected chi connectivity index (χ2v) is 5.67. The lowest BCUT2D eigenvalue weighted by atomic mass is 10.1. The predicted octanol–water partition coefficient (Wildman–Crippen LogP) is 3.83. The summed E-state index contributed by atoms with van der Waals surface area (Å²) in [6.45, 7) is 1.94. The Bertz CT molecular complexity index is 589. The molecule has 0 aliphatic carbocycles. The van der Waals surface area contributed by atoms with E-state index >= 15 is 0 Å². The minimum Gasteiger partial charge on any atom is -0.346 e. The molecule has 5 heteroatoms. The highest BCUT2D eigenvalue weighted by Crippen LogP contribution is 2.20. The number of pyridine rings is 1. The van der Waals surface area contributed by atoms with Gasteiger partial charge in [0.05, 0.1) is 11.1 Å². The molecule has 0 aliphatic rings. The fraction of sp³-hybridized carbons (Fsp3) is 0.143. The van der Waals surface area contributed by atoms with Gasteiger partial charge in [-0.1, -0.05) is 11.6 Å². The standard InChI is InChI=1S/C14H12ClIN2O/c1-9(10-4-6-17-7-5-10)18-14(19)11-2-3-12(15)13(16)8-11/h2-9H,1H3,(H,18,19)/t9-/m1/s1. The molecular formula is C14H12ClIN2O. The highest BCUT2D eigenvalue weighted by Gasteiger charge is 2.12. The van der Waals surface area contributed by atoms with Crippen LogP contribution in [0.1, 0.15) is 28.9 Å². The smallest absolute Gasteiger partial charge is 0.251 e. The van der Waals surface area contributed by atoms with Crippen LogP contribution in [0.4, 0.5) is 0 Å². The summed E-state index contributed by atoms with van der Waals surface area (Å²) in [5.74, 6) is -0.112. The van der Waals surface area contributed by atoms with E-state index in [1.165, 1.54) is 0 Å². The zero-order valence-electron chi connectivity index (χ0n) is 10.2.